The zero-order valence-electron chi connectivity index (χ0n) is 9.60. The molecule has 0 atom stereocenters. The average molecular weight is 325 g/mol. The van der Waals surface area contributed by atoms with Crippen LogP contribution in [0.15, 0.2) is 30.3 Å². The first-order valence-corrected chi connectivity index (χ1v) is 5.98. The van der Waals surface area contributed by atoms with Gasteiger partial charge in [-0.2, -0.15) is 13.2 Å². The van der Waals surface area contributed by atoms with Crippen LogP contribution in [0, 0.1) is 5.82 Å². The minimum atomic E-state index is -4.57. The molecule has 0 aliphatic carbocycles. The van der Waals surface area contributed by atoms with Crippen LogP contribution >= 0.6 is 23.2 Å². The Labute approximate surface area is 121 Å². The molecule has 1 aromatic heterocycles. The normalized spacial score (nSPS) is 11.5. The molecular weight excluding hydrogens is 319 g/mol. The van der Waals surface area contributed by atoms with Crippen LogP contribution in [0.5, 0.6) is 0 Å². The van der Waals surface area contributed by atoms with Gasteiger partial charge >= 0.3 is 6.18 Å². The molecule has 0 amide bonds. The fourth-order valence-electron chi connectivity index (χ4n) is 1.46. The first-order valence-electron chi connectivity index (χ1n) is 5.22. The second-order valence-electron chi connectivity index (χ2n) is 3.81. The molecule has 1 aromatic carbocycles. The van der Waals surface area contributed by atoms with Gasteiger partial charge in [0, 0.05) is 5.02 Å². The van der Waals surface area contributed by atoms with Crippen molar-refractivity contribution in [1.29, 1.82) is 0 Å². The molecule has 8 heteroatoms. The summed E-state index contributed by atoms with van der Waals surface area (Å²) in [5.74, 6) is -0.907. The Hall–Kier alpha value is -1.53. The number of rotatable bonds is 2. The number of hydrogen-bond donors (Lipinski definition) is 1. The van der Waals surface area contributed by atoms with E-state index in [-0.39, 0.29) is 21.7 Å². The number of pyridine rings is 1. The number of nitrogens with one attached hydrogen (secondary N) is 1. The van der Waals surface area contributed by atoms with E-state index in [1.54, 1.807) is 0 Å². The van der Waals surface area contributed by atoms with E-state index < -0.39 is 17.6 Å². The minimum Gasteiger partial charge on any atom is -0.338 e. The maximum atomic E-state index is 13.5. The lowest BCUT2D eigenvalue weighted by molar-refractivity contribution is -0.137. The lowest BCUT2D eigenvalue weighted by Crippen LogP contribution is -2.07. The van der Waals surface area contributed by atoms with Gasteiger partial charge in [-0.15, -0.1) is 0 Å². The van der Waals surface area contributed by atoms with Crippen LogP contribution in [-0.4, -0.2) is 4.98 Å². The highest BCUT2D eigenvalue weighted by Gasteiger charge is 2.31. The van der Waals surface area contributed by atoms with Crippen molar-refractivity contribution in [1.82, 2.24) is 4.98 Å². The predicted molar refractivity (Wildman–Crippen MR) is 68.9 cm³/mol. The summed E-state index contributed by atoms with van der Waals surface area (Å²) in [5.41, 5.74) is -1.08. The van der Waals surface area contributed by atoms with Gasteiger partial charge in [-0.1, -0.05) is 23.2 Å². The number of benzene rings is 1. The van der Waals surface area contributed by atoms with E-state index in [9.17, 15) is 17.6 Å². The topological polar surface area (TPSA) is 24.9 Å². The van der Waals surface area contributed by atoms with Crippen molar-refractivity contribution in [3.63, 3.8) is 0 Å². The summed E-state index contributed by atoms with van der Waals surface area (Å²) in [6.45, 7) is 0. The van der Waals surface area contributed by atoms with Gasteiger partial charge in [-0.3, -0.25) is 0 Å². The standard InChI is InChI=1S/C12H6Cl2F4N2/c13-7-1-2-8(15)9(5-7)19-11-4-6(12(16,17)18)3-10(14)20-11/h1-5H,(H,19,20). The van der Waals surface area contributed by atoms with Crippen LogP contribution in [0.25, 0.3) is 0 Å². The largest absolute Gasteiger partial charge is 0.416 e. The Bertz CT molecular complexity index is 644. The molecule has 0 spiro atoms. The van der Waals surface area contributed by atoms with Crippen molar-refractivity contribution in [3.8, 4) is 0 Å². The highest BCUT2D eigenvalue weighted by atomic mass is 35.5. The second-order valence-corrected chi connectivity index (χ2v) is 4.63. The zero-order valence-corrected chi connectivity index (χ0v) is 11.1. The van der Waals surface area contributed by atoms with Crippen molar-refractivity contribution in [2.24, 2.45) is 0 Å². The van der Waals surface area contributed by atoms with E-state index in [2.05, 4.69) is 10.3 Å². The number of halogens is 6. The number of nitrogens with zero attached hydrogens (tertiary/aromatic N) is 1. The fourth-order valence-corrected chi connectivity index (χ4v) is 1.84. The summed E-state index contributed by atoms with van der Waals surface area (Å²) in [6, 6.07) is 5.04. The summed E-state index contributed by atoms with van der Waals surface area (Å²) >= 11 is 11.2. The molecule has 0 saturated carbocycles. The van der Waals surface area contributed by atoms with Crippen LogP contribution in [0.2, 0.25) is 10.2 Å². The number of hydrogen-bond acceptors (Lipinski definition) is 2. The van der Waals surface area contributed by atoms with Crippen LogP contribution < -0.4 is 5.32 Å². The summed E-state index contributed by atoms with van der Waals surface area (Å²) in [7, 11) is 0. The van der Waals surface area contributed by atoms with Crippen molar-refractivity contribution >= 4 is 34.7 Å². The molecule has 2 rings (SSSR count). The number of anilines is 2. The highest BCUT2D eigenvalue weighted by Crippen LogP contribution is 2.33. The van der Waals surface area contributed by atoms with E-state index in [0.717, 1.165) is 12.1 Å². The molecule has 2 nitrogen and oxygen atoms in total. The molecule has 0 fully saturated rings. The smallest absolute Gasteiger partial charge is 0.338 e. The molecule has 20 heavy (non-hydrogen) atoms. The molecule has 1 heterocycles. The van der Waals surface area contributed by atoms with Crippen LogP contribution in [0.4, 0.5) is 29.1 Å². The van der Waals surface area contributed by atoms with Crippen molar-refractivity contribution in [2.75, 3.05) is 5.32 Å². The van der Waals surface area contributed by atoms with Gasteiger partial charge in [0.15, 0.2) is 0 Å². The third kappa shape index (κ3) is 3.52. The third-order valence-corrected chi connectivity index (χ3v) is 2.74. The van der Waals surface area contributed by atoms with Crippen LogP contribution in [0.3, 0.4) is 0 Å². The Kier molecular flexibility index (Phi) is 4.06. The molecule has 0 bridgehead atoms. The Balaban J connectivity index is 2.39. The Morgan fingerprint density at radius 3 is 2.40 bits per heavy atom. The Morgan fingerprint density at radius 2 is 1.75 bits per heavy atom. The third-order valence-electron chi connectivity index (χ3n) is 2.31. The maximum Gasteiger partial charge on any atom is 0.416 e. The fraction of sp³-hybridized carbons (Fsp3) is 0.0833. The van der Waals surface area contributed by atoms with Gasteiger partial charge in [-0.05, 0) is 30.3 Å². The molecule has 0 radical (unpaired) electrons. The summed E-state index contributed by atoms with van der Waals surface area (Å²) in [4.78, 5) is 3.66. The maximum absolute atomic E-state index is 13.5. The lowest BCUT2D eigenvalue weighted by Gasteiger charge is -2.11. The average Bonchev–Trinajstić information content (AvgIpc) is 2.32. The van der Waals surface area contributed by atoms with Gasteiger partial charge in [0.1, 0.15) is 16.8 Å². The highest BCUT2D eigenvalue weighted by molar-refractivity contribution is 6.31. The van der Waals surface area contributed by atoms with Crippen molar-refractivity contribution in [3.05, 3.63) is 51.9 Å². The van der Waals surface area contributed by atoms with Gasteiger partial charge in [0.05, 0.1) is 11.3 Å². The van der Waals surface area contributed by atoms with E-state index in [1.807, 2.05) is 0 Å². The van der Waals surface area contributed by atoms with Crippen molar-refractivity contribution in [2.45, 2.75) is 6.18 Å². The first-order chi connectivity index (χ1) is 9.25. The molecular formula is C12H6Cl2F4N2. The molecule has 1 N–H and O–H groups in total. The van der Waals surface area contributed by atoms with Gasteiger partial charge in [0.25, 0.3) is 0 Å². The Morgan fingerprint density at radius 1 is 1.05 bits per heavy atom. The number of alkyl halides is 3. The molecule has 0 saturated heterocycles. The van der Waals surface area contributed by atoms with Crippen molar-refractivity contribution < 1.29 is 17.6 Å². The molecule has 106 valence electrons. The SMILES string of the molecule is Fc1ccc(Cl)cc1Nc1cc(C(F)(F)F)cc(Cl)n1. The lowest BCUT2D eigenvalue weighted by atomic mass is 10.2. The van der Waals surface area contributed by atoms with Gasteiger partial charge < -0.3 is 5.32 Å². The number of aromatic nitrogens is 1. The minimum absolute atomic E-state index is 0.0969. The predicted octanol–water partition coefficient (Wildman–Crippen LogP) is 5.29. The second kappa shape index (κ2) is 5.46. The van der Waals surface area contributed by atoms with Crippen LogP contribution in [0.1, 0.15) is 5.56 Å². The quantitative estimate of drug-likeness (QED) is 0.599. The van der Waals surface area contributed by atoms with E-state index in [4.69, 9.17) is 23.2 Å². The zero-order chi connectivity index (χ0) is 14.9. The summed E-state index contributed by atoms with van der Waals surface area (Å²) in [6.07, 6.45) is -4.57. The summed E-state index contributed by atoms with van der Waals surface area (Å²) in [5, 5.41) is 2.28. The molecule has 2 aromatic rings. The van der Waals surface area contributed by atoms with Gasteiger partial charge in [0.2, 0.25) is 0 Å². The van der Waals surface area contributed by atoms with E-state index >= 15 is 0 Å². The monoisotopic (exact) mass is 324 g/mol. The molecule has 0 aliphatic heterocycles. The molecule has 0 unspecified atom stereocenters. The first kappa shape index (κ1) is 14.9. The summed E-state index contributed by atoms with van der Waals surface area (Å²) < 4.78 is 51.3. The van der Waals surface area contributed by atoms with E-state index in [0.29, 0.717) is 6.07 Å². The molecule has 0 aliphatic rings. The van der Waals surface area contributed by atoms with Crippen LogP contribution in [-0.2, 0) is 6.18 Å². The van der Waals surface area contributed by atoms with E-state index in [1.165, 1.54) is 12.1 Å². The van der Waals surface area contributed by atoms with Gasteiger partial charge in [-0.25, -0.2) is 9.37 Å².